The predicted molar refractivity (Wildman–Crippen MR) is 102 cm³/mol. The largest absolute Gasteiger partial charge is 0.497 e. The second-order valence-electron chi connectivity index (χ2n) is 6.58. The molecule has 0 unspecified atom stereocenters. The zero-order valence-corrected chi connectivity index (χ0v) is 15.3. The smallest absolute Gasteiger partial charge is 0.255 e. The summed E-state index contributed by atoms with van der Waals surface area (Å²) in [7, 11) is 1.68. The molecule has 0 aliphatic carbocycles. The van der Waals surface area contributed by atoms with Gasteiger partial charge in [0.15, 0.2) is 0 Å². The number of fused-ring (bicyclic) bond motifs is 1. The summed E-state index contributed by atoms with van der Waals surface area (Å²) in [5.74, 6) is 1.27. The Kier molecular flexibility index (Phi) is 4.55. The average molecular weight is 370 g/mol. The number of rotatable bonds is 3. The van der Waals surface area contributed by atoms with Crippen LogP contribution in [0, 0.1) is 0 Å². The molecule has 2 aromatic heterocycles. The minimum absolute atomic E-state index is 0.0172. The van der Waals surface area contributed by atoms with Crippen LogP contribution >= 0.6 is 11.6 Å². The van der Waals surface area contributed by atoms with Gasteiger partial charge in [0.25, 0.3) is 5.91 Å². The molecule has 3 heterocycles. The number of hydrogen-bond donors (Lipinski definition) is 1. The first-order valence-corrected chi connectivity index (χ1v) is 9.09. The standard InChI is InChI=1S/C20H20ClN3O2/c1-26-14-2-3-19-16(10-14)17(11-23-19)13-5-8-24(9-6-13)20(25)15-4-7-22-12-18(15)21/h2-4,7,10-13,23H,5-6,8-9H2,1H3. The van der Waals surface area contributed by atoms with Gasteiger partial charge in [-0.2, -0.15) is 0 Å². The van der Waals surface area contributed by atoms with Crippen LogP contribution < -0.4 is 4.74 Å². The number of H-pyrrole nitrogens is 1. The molecular formula is C20H20ClN3O2. The van der Waals surface area contributed by atoms with Crippen LogP contribution in [0.1, 0.15) is 34.7 Å². The van der Waals surface area contributed by atoms with Crippen molar-refractivity contribution in [2.45, 2.75) is 18.8 Å². The van der Waals surface area contributed by atoms with Crippen molar-refractivity contribution in [3.8, 4) is 5.75 Å². The van der Waals surface area contributed by atoms with E-state index in [4.69, 9.17) is 16.3 Å². The van der Waals surface area contributed by atoms with E-state index in [0.717, 1.165) is 37.2 Å². The van der Waals surface area contributed by atoms with E-state index in [9.17, 15) is 4.79 Å². The van der Waals surface area contributed by atoms with E-state index < -0.39 is 0 Å². The van der Waals surface area contributed by atoms with Gasteiger partial charge in [0.2, 0.25) is 0 Å². The first-order valence-electron chi connectivity index (χ1n) is 8.71. The molecule has 134 valence electrons. The van der Waals surface area contributed by atoms with Crippen LogP contribution in [-0.2, 0) is 0 Å². The predicted octanol–water partition coefficient (Wildman–Crippen LogP) is 4.24. The van der Waals surface area contributed by atoms with E-state index in [1.165, 1.54) is 17.1 Å². The molecule has 0 saturated carbocycles. The first kappa shape index (κ1) is 16.9. The highest BCUT2D eigenvalue weighted by atomic mass is 35.5. The number of ether oxygens (including phenoxy) is 1. The van der Waals surface area contributed by atoms with E-state index in [1.807, 2.05) is 17.0 Å². The van der Waals surface area contributed by atoms with E-state index in [1.54, 1.807) is 19.4 Å². The highest BCUT2D eigenvalue weighted by Crippen LogP contribution is 2.35. The molecule has 1 N–H and O–H groups in total. The summed E-state index contributed by atoms with van der Waals surface area (Å²) in [4.78, 5) is 21.9. The van der Waals surface area contributed by atoms with Crippen LogP contribution in [-0.4, -0.2) is 41.0 Å². The summed E-state index contributed by atoms with van der Waals surface area (Å²) in [5, 5.41) is 1.61. The fraction of sp³-hybridized carbons (Fsp3) is 0.300. The monoisotopic (exact) mass is 369 g/mol. The number of halogens is 1. The SMILES string of the molecule is COc1ccc2[nH]cc(C3CCN(C(=O)c4ccncc4Cl)CC3)c2c1. The summed E-state index contributed by atoms with van der Waals surface area (Å²) in [6.45, 7) is 1.44. The van der Waals surface area contributed by atoms with Crippen molar-refractivity contribution in [3.05, 3.63) is 59.0 Å². The zero-order valence-electron chi connectivity index (χ0n) is 14.5. The molecule has 1 saturated heterocycles. The van der Waals surface area contributed by atoms with Crippen LogP contribution in [0.25, 0.3) is 10.9 Å². The van der Waals surface area contributed by atoms with Crippen molar-refractivity contribution >= 4 is 28.4 Å². The van der Waals surface area contributed by atoms with Crippen molar-refractivity contribution in [2.24, 2.45) is 0 Å². The van der Waals surface area contributed by atoms with Crippen molar-refractivity contribution in [2.75, 3.05) is 20.2 Å². The Labute approximate surface area is 156 Å². The van der Waals surface area contributed by atoms with Crippen molar-refractivity contribution in [1.82, 2.24) is 14.9 Å². The van der Waals surface area contributed by atoms with Gasteiger partial charge in [0.1, 0.15) is 5.75 Å². The minimum Gasteiger partial charge on any atom is -0.497 e. The Morgan fingerprint density at radius 2 is 2.12 bits per heavy atom. The Balaban J connectivity index is 1.50. The maximum atomic E-state index is 12.7. The Morgan fingerprint density at radius 3 is 2.85 bits per heavy atom. The van der Waals surface area contributed by atoms with Crippen LogP contribution in [0.5, 0.6) is 5.75 Å². The van der Waals surface area contributed by atoms with Gasteiger partial charge in [0, 0.05) is 42.6 Å². The molecule has 1 aromatic carbocycles. The van der Waals surface area contributed by atoms with Gasteiger partial charge < -0.3 is 14.6 Å². The lowest BCUT2D eigenvalue weighted by Gasteiger charge is -2.32. The molecule has 4 rings (SSSR count). The number of amides is 1. The number of methoxy groups -OCH3 is 1. The number of pyridine rings is 1. The fourth-order valence-corrected chi connectivity index (χ4v) is 3.90. The molecule has 26 heavy (non-hydrogen) atoms. The molecule has 0 bridgehead atoms. The summed E-state index contributed by atoms with van der Waals surface area (Å²) in [6.07, 6.45) is 7.06. The number of carbonyl (C=O) groups is 1. The van der Waals surface area contributed by atoms with Gasteiger partial charge in [-0.05, 0) is 48.6 Å². The first-order chi connectivity index (χ1) is 12.7. The van der Waals surface area contributed by atoms with Crippen molar-refractivity contribution < 1.29 is 9.53 Å². The lowest BCUT2D eigenvalue weighted by Crippen LogP contribution is -2.38. The summed E-state index contributed by atoms with van der Waals surface area (Å²) in [5.41, 5.74) is 2.94. The van der Waals surface area contributed by atoms with Crippen molar-refractivity contribution in [3.63, 3.8) is 0 Å². The number of aromatic amines is 1. The third-order valence-electron chi connectivity index (χ3n) is 5.15. The highest BCUT2D eigenvalue weighted by Gasteiger charge is 2.27. The number of carbonyl (C=O) groups excluding carboxylic acids is 1. The Morgan fingerprint density at radius 1 is 1.31 bits per heavy atom. The van der Waals surface area contributed by atoms with Gasteiger partial charge in [-0.25, -0.2) is 0 Å². The van der Waals surface area contributed by atoms with E-state index in [2.05, 4.69) is 22.2 Å². The van der Waals surface area contributed by atoms with Crippen LogP contribution in [0.4, 0.5) is 0 Å². The van der Waals surface area contributed by atoms with Crippen LogP contribution in [0.2, 0.25) is 5.02 Å². The lowest BCUT2D eigenvalue weighted by atomic mass is 9.89. The third-order valence-corrected chi connectivity index (χ3v) is 5.45. The number of piperidine rings is 1. The number of likely N-dealkylation sites (tertiary alicyclic amines) is 1. The molecule has 5 nitrogen and oxygen atoms in total. The van der Waals surface area contributed by atoms with E-state index >= 15 is 0 Å². The maximum Gasteiger partial charge on any atom is 0.255 e. The number of nitrogens with one attached hydrogen (secondary N) is 1. The lowest BCUT2D eigenvalue weighted by molar-refractivity contribution is 0.0713. The second-order valence-corrected chi connectivity index (χ2v) is 6.98. The van der Waals surface area contributed by atoms with Gasteiger partial charge in [0.05, 0.1) is 17.7 Å². The quantitative estimate of drug-likeness (QED) is 0.751. The number of aromatic nitrogens is 2. The molecule has 1 aliphatic heterocycles. The normalized spacial score (nSPS) is 15.4. The molecule has 1 aliphatic rings. The summed E-state index contributed by atoms with van der Waals surface area (Å²) >= 11 is 6.12. The molecule has 0 spiro atoms. The molecule has 1 amide bonds. The van der Waals surface area contributed by atoms with Crippen LogP contribution in [0.3, 0.4) is 0 Å². The molecule has 0 radical (unpaired) electrons. The molecule has 1 fully saturated rings. The second kappa shape index (κ2) is 7.00. The number of benzene rings is 1. The van der Waals surface area contributed by atoms with E-state index in [-0.39, 0.29) is 5.91 Å². The number of hydrogen-bond acceptors (Lipinski definition) is 3. The minimum atomic E-state index is -0.0172. The Bertz CT molecular complexity index is 945. The van der Waals surface area contributed by atoms with Crippen molar-refractivity contribution in [1.29, 1.82) is 0 Å². The molecule has 0 atom stereocenters. The van der Waals surface area contributed by atoms with Crippen LogP contribution in [0.15, 0.2) is 42.9 Å². The Hall–Kier alpha value is -2.53. The fourth-order valence-electron chi connectivity index (χ4n) is 3.70. The average Bonchev–Trinajstić information content (AvgIpc) is 3.11. The summed E-state index contributed by atoms with van der Waals surface area (Å²) in [6, 6.07) is 7.77. The zero-order chi connectivity index (χ0) is 18.1. The topological polar surface area (TPSA) is 58.2 Å². The molecular weight excluding hydrogens is 350 g/mol. The summed E-state index contributed by atoms with van der Waals surface area (Å²) < 4.78 is 5.36. The maximum absolute atomic E-state index is 12.7. The number of nitrogens with zero attached hydrogens (tertiary/aromatic N) is 2. The van der Waals surface area contributed by atoms with Gasteiger partial charge in [-0.3, -0.25) is 9.78 Å². The highest BCUT2D eigenvalue weighted by molar-refractivity contribution is 6.33. The molecule has 6 heteroatoms. The van der Waals surface area contributed by atoms with Gasteiger partial charge in [-0.1, -0.05) is 11.6 Å². The van der Waals surface area contributed by atoms with E-state index in [0.29, 0.717) is 16.5 Å². The third kappa shape index (κ3) is 3.03. The van der Waals surface area contributed by atoms with Gasteiger partial charge >= 0.3 is 0 Å². The molecule has 3 aromatic rings. The van der Waals surface area contributed by atoms with Gasteiger partial charge in [-0.15, -0.1) is 0 Å².